The smallest absolute Gasteiger partial charge is 0.129 e. The number of nitrogens with two attached hydrogens (primary N) is 1. The highest BCUT2D eigenvalue weighted by molar-refractivity contribution is 5.37. The van der Waals surface area contributed by atoms with Crippen LogP contribution in [0.2, 0.25) is 0 Å². The van der Waals surface area contributed by atoms with Gasteiger partial charge in [-0.1, -0.05) is 31.2 Å². The molecular weight excluding hydrogens is 272 g/mol. The predicted octanol–water partition coefficient (Wildman–Crippen LogP) is 4.00. The van der Waals surface area contributed by atoms with Crippen LogP contribution < -0.4 is 10.5 Å². The van der Waals surface area contributed by atoms with E-state index in [-0.39, 0.29) is 0 Å². The molecule has 2 aromatic carbocycles. The lowest BCUT2D eigenvalue weighted by molar-refractivity contribution is 0.312. The second-order valence-corrected chi connectivity index (χ2v) is 4.93. The molecule has 2 rings (SSSR count). The van der Waals surface area contributed by atoms with E-state index >= 15 is 0 Å². The summed E-state index contributed by atoms with van der Waals surface area (Å²) in [5.41, 5.74) is 7.39. The summed E-state index contributed by atoms with van der Waals surface area (Å²) in [4.78, 5) is 0. The first kappa shape index (κ1) is 15.4. The summed E-state index contributed by atoms with van der Waals surface area (Å²) in [6.07, 6.45) is 1.19. The van der Waals surface area contributed by atoms with Crippen molar-refractivity contribution in [1.82, 2.24) is 0 Å². The van der Waals surface area contributed by atoms with E-state index in [2.05, 4.69) is 0 Å². The van der Waals surface area contributed by atoms with Gasteiger partial charge in [0.2, 0.25) is 0 Å². The minimum atomic E-state index is -0.587. The second kappa shape index (κ2) is 7.18. The van der Waals surface area contributed by atoms with Crippen LogP contribution in [0.25, 0.3) is 0 Å². The maximum atomic E-state index is 13.7. The Morgan fingerprint density at radius 3 is 2.62 bits per heavy atom. The molecule has 0 aliphatic rings. The van der Waals surface area contributed by atoms with E-state index in [4.69, 9.17) is 10.5 Å². The topological polar surface area (TPSA) is 35.2 Å². The van der Waals surface area contributed by atoms with Crippen molar-refractivity contribution in [2.24, 2.45) is 5.73 Å². The summed E-state index contributed by atoms with van der Waals surface area (Å²) < 4.78 is 32.3. The van der Waals surface area contributed by atoms with Gasteiger partial charge in [0.15, 0.2) is 0 Å². The third-order valence-corrected chi connectivity index (χ3v) is 3.24. The first-order valence-corrected chi connectivity index (χ1v) is 7.03. The molecule has 0 saturated heterocycles. The molecule has 0 aromatic heterocycles. The monoisotopic (exact) mass is 291 g/mol. The Kier molecular flexibility index (Phi) is 5.28. The molecule has 0 radical (unpaired) electrons. The van der Waals surface area contributed by atoms with Crippen LogP contribution in [-0.4, -0.2) is 6.61 Å². The minimum absolute atomic E-state index is 0.290. The van der Waals surface area contributed by atoms with E-state index in [1.807, 2.05) is 31.2 Å². The van der Waals surface area contributed by atoms with E-state index in [1.165, 1.54) is 12.1 Å². The Balaban J connectivity index is 2.18. The third-order valence-electron chi connectivity index (χ3n) is 3.24. The molecule has 2 N–H and O–H groups in total. The number of hydrogen-bond donors (Lipinski definition) is 1. The van der Waals surface area contributed by atoms with E-state index in [1.54, 1.807) is 0 Å². The molecule has 0 aliphatic carbocycles. The Bertz CT molecular complexity index is 601. The fourth-order valence-electron chi connectivity index (χ4n) is 2.16. The average molecular weight is 291 g/mol. The van der Waals surface area contributed by atoms with E-state index in [0.29, 0.717) is 18.6 Å². The highest BCUT2D eigenvalue weighted by atomic mass is 19.1. The SMILES string of the molecule is CCCOc1ccccc1C(N)Cc1ccc(F)cc1F. The number of hydrogen-bond acceptors (Lipinski definition) is 2. The van der Waals surface area contributed by atoms with E-state index in [0.717, 1.165) is 23.8 Å². The van der Waals surface area contributed by atoms with Gasteiger partial charge in [-0.2, -0.15) is 0 Å². The van der Waals surface area contributed by atoms with Crippen LogP contribution in [0.5, 0.6) is 5.75 Å². The maximum Gasteiger partial charge on any atom is 0.129 e. The lowest BCUT2D eigenvalue weighted by atomic mass is 9.98. The van der Waals surface area contributed by atoms with Gasteiger partial charge in [-0.05, 0) is 30.5 Å². The zero-order valence-electron chi connectivity index (χ0n) is 12.0. The average Bonchev–Trinajstić information content (AvgIpc) is 2.48. The van der Waals surface area contributed by atoms with Gasteiger partial charge in [0.25, 0.3) is 0 Å². The summed E-state index contributed by atoms with van der Waals surface area (Å²) in [6, 6.07) is 10.6. The molecule has 0 bridgehead atoms. The normalized spacial score (nSPS) is 12.2. The second-order valence-electron chi connectivity index (χ2n) is 4.93. The van der Waals surface area contributed by atoms with Crippen LogP contribution >= 0.6 is 0 Å². The molecule has 0 saturated carbocycles. The summed E-state index contributed by atoms with van der Waals surface area (Å²) >= 11 is 0. The number of rotatable bonds is 6. The Morgan fingerprint density at radius 1 is 1.14 bits per heavy atom. The van der Waals surface area contributed by atoms with Crippen molar-refractivity contribution in [2.75, 3.05) is 6.61 Å². The highest BCUT2D eigenvalue weighted by Gasteiger charge is 2.15. The molecule has 0 amide bonds. The largest absolute Gasteiger partial charge is 0.493 e. The van der Waals surface area contributed by atoms with Crippen molar-refractivity contribution in [1.29, 1.82) is 0 Å². The molecule has 21 heavy (non-hydrogen) atoms. The summed E-state index contributed by atoms with van der Waals surface area (Å²) in [7, 11) is 0. The van der Waals surface area contributed by atoms with Crippen molar-refractivity contribution >= 4 is 0 Å². The number of para-hydroxylation sites is 1. The van der Waals surface area contributed by atoms with Crippen LogP contribution in [0, 0.1) is 11.6 Å². The molecule has 112 valence electrons. The maximum absolute atomic E-state index is 13.7. The first-order valence-electron chi connectivity index (χ1n) is 7.03. The van der Waals surface area contributed by atoms with Crippen molar-refractivity contribution in [2.45, 2.75) is 25.8 Å². The zero-order valence-corrected chi connectivity index (χ0v) is 12.0. The van der Waals surface area contributed by atoms with Gasteiger partial charge in [0, 0.05) is 17.7 Å². The predicted molar refractivity (Wildman–Crippen MR) is 79.2 cm³/mol. The van der Waals surface area contributed by atoms with Crippen LogP contribution in [0.15, 0.2) is 42.5 Å². The number of benzene rings is 2. The molecule has 1 atom stereocenters. The van der Waals surface area contributed by atoms with Gasteiger partial charge >= 0.3 is 0 Å². The lowest BCUT2D eigenvalue weighted by Crippen LogP contribution is -2.16. The standard InChI is InChI=1S/C17H19F2NO/c1-2-9-21-17-6-4-3-5-14(17)16(20)10-12-7-8-13(18)11-15(12)19/h3-8,11,16H,2,9-10,20H2,1H3. The van der Waals surface area contributed by atoms with Crippen molar-refractivity contribution in [3.8, 4) is 5.75 Å². The fourth-order valence-corrected chi connectivity index (χ4v) is 2.16. The summed E-state index contributed by atoms with van der Waals surface area (Å²) in [6.45, 7) is 2.63. The minimum Gasteiger partial charge on any atom is -0.493 e. The van der Waals surface area contributed by atoms with Crippen LogP contribution in [0.1, 0.15) is 30.5 Å². The summed E-state index contributed by atoms with van der Waals surface area (Å²) in [5.74, 6) is -0.441. The molecule has 0 spiro atoms. The van der Waals surface area contributed by atoms with Crippen molar-refractivity contribution < 1.29 is 13.5 Å². The van der Waals surface area contributed by atoms with Crippen LogP contribution in [-0.2, 0) is 6.42 Å². The molecule has 1 unspecified atom stereocenters. The quantitative estimate of drug-likeness (QED) is 0.873. The van der Waals surface area contributed by atoms with Crippen LogP contribution in [0.3, 0.4) is 0 Å². The van der Waals surface area contributed by atoms with E-state index < -0.39 is 17.7 Å². The first-order chi connectivity index (χ1) is 10.1. The molecule has 2 nitrogen and oxygen atoms in total. The molecule has 0 fully saturated rings. The van der Waals surface area contributed by atoms with Gasteiger partial charge in [-0.15, -0.1) is 0 Å². The van der Waals surface area contributed by atoms with Gasteiger partial charge in [-0.3, -0.25) is 0 Å². The van der Waals surface area contributed by atoms with Gasteiger partial charge in [0.05, 0.1) is 6.61 Å². The molecule has 0 aliphatic heterocycles. The Morgan fingerprint density at radius 2 is 1.90 bits per heavy atom. The number of halogens is 2. The van der Waals surface area contributed by atoms with Gasteiger partial charge in [-0.25, -0.2) is 8.78 Å². The van der Waals surface area contributed by atoms with Gasteiger partial charge < -0.3 is 10.5 Å². The van der Waals surface area contributed by atoms with Gasteiger partial charge in [0.1, 0.15) is 17.4 Å². The molecule has 0 heterocycles. The van der Waals surface area contributed by atoms with Crippen molar-refractivity contribution in [3.05, 3.63) is 65.2 Å². The lowest BCUT2D eigenvalue weighted by Gasteiger charge is -2.17. The van der Waals surface area contributed by atoms with Crippen molar-refractivity contribution in [3.63, 3.8) is 0 Å². The fraction of sp³-hybridized carbons (Fsp3) is 0.294. The van der Waals surface area contributed by atoms with Crippen LogP contribution in [0.4, 0.5) is 8.78 Å². The van der Waals surface area contributed by atoms with E-state index in [9.17, 15) is 8.78 Å². The third kappa shape index (κ3) is 4.02. The number of ether oxygens (including phenoxy) is 1. The molecular formula is C17H19F2NO. The zero-order chi connectivity index (χ0) is 15.2. The summed E-state index contributed by atoms with van der Waals surface area (Å²) in [5, 5.41) is 0. The molecule has 4 heteroatoms. The highest BCUT2D eigenvalue weighted by Crippen LogP contribution is 2.27. The molecule has 2 aromatic rings. The Labute approximate surface area is 123 Å². The Hall–Kier alpha value is -1.94.